The van der Waals surface area contributed by atoms with Gasteiger partial charge < -0.3 is 0 Å². The molecule has 58 valence electrons. The van der Waals surface area contributed by atoms with Crippen molar-refractivity contribution in [2.45, 2.75) is 0 Å². The fourth-order valence-electron chi connectivity index (χ4n) is 0.426. The second kappa shape index (κ2) is 8.12. The average Bonchev–Trinajstić information content (AvgIpc) is 1.97. The highest BCUT2D eigenvalue weighted by Crippen LogP contribution is 1.62. The predicted molar refractivity (Wildman–Crippen MR) is 37.3 cm³/mol. The Balaban J connectivity index is 2.76. The minimum atomic E-state index is 0.107. The van der Waals surface area contributed by atoms with E-state index < -0.39 is 0 Å². The van der Waals surface area contributed by atoms with Crippen LogP contribution < -0.4 is 10.6 Å². The van der Waals surface area contributed by atoms with Crippen molar-refractivity contribution >= 4 is 0 Å². The van der Waals surface area contributed by atoms with E-state index in [1.807, 2.05) is 0 Å². The molecule has 0 saturated carbocycles. The lowest BCUT2D eigenvalue weighted by Gasteiger charge is -1.97. The second-order valence-electron chi connectivity index (χ2n) is 1.57. The van der Waals surface area contributed by atoms with Crippen molar-refractivity contribution in [1.29, 1.82) is 0 Å². The lowest BCUT2D eigenvalue weighted by Crippen LogP contribution is -2.27. The van der Waals surface area contributed by atoms with Gasteiger partial charge >= 0.3 is 0 Å². The van der Waals surface area contributed by atoms with Gasteiger partial charge in [-0.3, -0.25) is 10.6 Å². The Morgan fingerprint density at radius 2 is 1.30 bits per heavy atom. The van der Waals surface area contributed by atoms with Crippen molar-refractivity contribution in [3.8, 4) is 0 Å². The highest BCUT2D eigenvalue weighted by atomic mass is 16.3. The van der Waals surface area contributed by atoms with Gasteiger partial charge in [-0.05, 0) is 0 Å². The molecule has 6 nitrogen and oxygen atoms in total. The van der Waals surface area contributed by atoms with Crippen LogP contribution in [0.15, 0.2) is 10.4 Å². The molecule has 0 aliphatic heterocycles. The van der Waals surface area contributed by atoms with E-state index in [9.17, 15) is 9.81 Å². The first-order valence-corrected chi connectivity index (χ1v) is 2.91. The Hall–Kier alpha value is -0.880. The van der Waals surface area contributed by atoms with Gasteiger partial charge in [0, 0.05) is 13.1 Å². The van der Waals surface area contributed by atoms with Crippen LogP contribution >= 0.6 is 0 Å². The van der Waals surface area contributed by atoms with Gasteiger partial charge in [-0.2, -0.15) is 0 Å². The van der Waals surface area contributed by atoms with E-state index in [1.54, 1.807) is 0 Å². The smallest absolute Gasteiger partial charge is 0.131 e. The summed E-state index contributed by atoms with van der Waals surface area (Å²) < 4.78 is 0. The van der Waals surface area contributed by atoms with E-state index in [0.717, 1.165) is 0 Å². The molecule has 10 heavy (non-hydrogen) atoms. The van der Waals surface area contributed by atoms with Crippen LogP contribution in [0.5, 0.6) is 0 Å². The topological polar surface area (TPSA) is 82.9 Å². The molecule has 0 aromatic carbocycles. The molecular formula is C4H10N4O2. The summed E-state index contributed by atoms with van der Waals surface area (Å²) in [6.45, 7) is 1.44. The molecule has 0 aliphatic rings. The van der Waals surface area contributed by atoms with Crippen LogP contribution in [0.3, 0.4) is 0 Å². The Morgan fingerprint density at radius 3 is 1.60 bits per heavy atom. The number of hydrogen-bond donors (Lipinski definition) is 2. The Labute approximate surface area is 58.3 Å². The molecule has 0 aliphatic carbocycles. The quantitative estimate of drug-likeness (QED) is 0.378. The van der Waals surface area contributed by atoms with E-state index in [1.165, 1.54) is 0 Å². The normalized spacial score (nSPS) is 9.20. The summed E-state index contributed by atoms with van der Waals surface area (Å²) in [5.41, 5.74) is 0. The minimum absolute atomic E-state index is 0.107. The third-order valence-electron chi connectivity index (χ3n) is 0.831. The first-order chi connectivity index (χ1) is 4.91. The molecule has 2 N–H and O–H groups in total. The number of nitrogens with zero attached hydrogens (tertiary/aromatic N) is 2. The van der Waals surface area contributed by atoms with Crippen molar-refractivity contribution in [3.63, 3.8) is 0 Å². The second-order valence-corrected chi connectivity index (χ2v) is 1.57. The van der Waals surface area contributed by atoms with E-state index in [0.29, 0.717) is 13.1 Å². The molecule has 0 heterocycles. The lowest BCUT2D eigenvalue weighted by molar-refractivity contribution is 0.626. The first-order valence-electron chi connectivity index (χ1n) is 2.91. The van der Waals surface area contributed by atoms with Crippen LogP contribution in [0.25, 0.3) is 0 Å². The van der Waals surface area contributed by atoms with Crippen LogP contribution in [0.4, 0.5) is 0 Å². The third kappa shape index (κ3) is 7.12. The van der Waals surface area contributed by atoms with Gasteiger partial charge in [0.25, 0.3) is 0 Å². The summed E-state index contributed by atoms with van der Waals surface area (Å²) in [4.78, 5) is 19.0. The molecule has 0 atom stereocenters. The molecule has 0 spiro atoms. The van der Waals surface area contributed by atoms with Crippen LogP contribution in [0, 0.1) is 9.81 Å². The van der Waals surface area contributed by atoms with Crippen molar-refractivity contribution in [3.05, 3.63) is 9.81 Å². The molecule has 0 aromatic heterocycles. The van der Waals surface area contributed by atoms with Gasteiger partial charge in [-0.1, -0.05) is 10.4 Å². The fraction of sp³-hybridized carbons (Fsp3) is 1.00. The number of nitrogens with one attached hydrogen (secondary N) is 2. The Bertz CT molecular complexity index is 85.3. The largest absolute Gasteiger partial charge is 0.294 e. The zero-order valence-electron chi connectivity index (χ0n) is 5.54. The zero-order valence-corrected chi connectivity index (χ0v) is 5.54. The summed E-state index contributed by atoms with van der Waals surface area (Å²) in [6.07, 6.45) is 0. The van der Waals surface area contributed by atoms with Crippen molar-refractivity contribution in [1.82, 2.24) is 10.6 Å². The number of hydrogen-bond acceptors (Lipinski definition) is 6. The summed E-state index contributed by atoms with van der Waals surface area (Å²) in [6, 6.07) is 0. The Morgan fingerprint density at radius 1 is 0.900 bits per heavy atom. The third-order valence-corrected chi connectivity index (χ3v) is 0.831. The Kier molecular flexibility index (Phi) is 7.41. The van der Waals surface area contributed by atoms with E-state index in [2.05, 4.69) is 21.0 Å². The highest BCUT2D eigenvalue weighted by Gasteiger charge is 1.84. The molecular weight excluding hydrogens is 136 g/mol. The SMILES string of the molecule is O=NCNCCNCN=O. The van der Waals surface area contributed by atoms with Crippen LogP contribution in [0.2, 0.25) is 0 Å². The summed E-state index contributed by atoms with van der Waals surface area (Å²) in [5, 5.41) is 10.6. The fourth-order valence-corrected chi connectivity index (χ4v) is 0.426. The van der Waals surface area contributed by atoms with Crippen molar-refractivity contribution < 1.29 is 0 Å². The molecule has 0 fully saturated rings. The minimum Gasteiger partial charge on any atom is -0.294 e. The molecule has 0 unspecified atom stereocenters. The van der Waals surface area contributed by atoms with Crippen LogP contribution in [-0.2, 0) is 0 Å². The number of rotatable bonds is 7. The maximum Gasteiger partial charge on any atom is 0.131 e. The monoisotopic (exact) mass is 146 g/mol. The van der Waals surface area contributed by atoms with Gasteiger partial charge in [0.1, 0.15) is 13.3 Å². The molecule has 0 radical (unpaired) electrons. The molecule has 0 aromatic rings. The zero-order chi connectivity index (χ0) is 7.66. The average molecular weight is 146 g/mol. The molecule has 0 saturated heterocycles. The first kappa shape index (κ1) is 9.12. The van der Waals surface area contributed by atoms with E-state index in [-0.39, 0.29) is 13.3 Å². The summed E-state index contributed by atoms with van der Waals surface area (Å²) >= 11 is 0. The maximum atomic E-state index is 9.49. The summed E-state index contributed by atoms with van der Waals surface area (Å²) in [5.74, 6) is 0. The van der Waals surface area contributed by atoms with E-state index in [4.69, 9.17) is 0 Å². The lowest BCUT2D eigenvalue weighted by atomic mass is 10.6. The van der Waals surface area contributed by atoms with Crippen molar-refractivity contribution in [2.24, 2.45) is 10.4 Å². The van der Waals surface area contributed by atoms with Crippen LogP contribution in [0.1, 0.15) is 0 Å². The van der Waals surface area contributed by atoms with Gasteiger partial charge in [-0.15, -0.1) is 9.81 Å². The number of nitroso groups, excluding NO2 is 2. The molecule has 0 rings (SSSR count). The van der Waals surface area contributed by atoms with E-state index >= 15 is 0 Å². The van der Waals surface area contributed by atoms with Crippen molar-refractivity contribution in [2.75, 3.05) is 26.4 Å². The van der Waals surface area contributed by atoms with Gasteiger partial charge in [0.2, 0.25) is 0 Å². The van der Waals surface area contributed by atoms with Gasteiger partial charge in [0.05, 0.1) is 0 Å². The predicted octanol–water partition coefficient (Wildman–Crippen LogP) is -0.387. The molecule has 0 amide bonds. The molecule has 0 bridgehead atoms. The summed E-state index contributed by atoms with van der Waals surface area (Å²) in [7, 11) is 0. The standard InChI is InChI=1S/C4H10N4O2/c9-7-3-5-1-2-6-4-8-10/h5-6H,1-4H2. The highest BCUT2D eigenvalue weighted by molar-refractivity contribution is 4.48. The van der Waals surface area contributed by atoms with Crippen LogP contribution in [-0.4, -0.2) is 26.4 Å². The van der Waals surface area contributed by atoms with Gasteiger partial charge in [0.15, 0.2) is 0 Å². The maximum absolute atomic E-state index is 9.49. The molecule has 6 heteroatoms. The van der Waals surface area contributed by atoms with Gasteiger partial charge in [-0.25, -0.2) is 0 Å².